The van der Waals surface area contributed by atoms with E-state index in [0.717, 1.165) is 23.1 Å². The first-order valence-electron chi connectivity index (χ1n) is 9.24. The molecule has 0 bridgehead atoms. The third-order valence-corrected chi connectivity index (χ3v) is 4.58. The zero-order chi connectivity index (χ0) is 20.3. The van der Waals surface area contributed by atoms with Crippen LogP contribution in [0, 0.1) is 0 Å². The number of carbonyl (C=O) groups excluding carboxylic acids is 1. The summed E-state index contributed by atoms with van der Waals surface area (Å²) < 4.78 is 10.8. The second-order valence-corrected chi connectivity index (χ2v) is 7.81. The Morgan fingerprint density at radius 3 is 2.54 bits per heavy atom. The minimum Gasteiger partial charge on any atom is -0.480 e. The van der Waals surface area contributed by atoms with Crippen molar-refractivity contribution in [2.45, 2.75) is 45.4 Å². The lowest BCUT2D eigenvalue weighted by molar-refractivity contribution is -0.142. The Balaban J connectivity index is 1.62. The van der Waals surface area contributed by atoms with E-state index in [0.29, 0.717) is 0 Å². The number of aliphatic carboxylic acids is 1. The first kappa shape index (κ1) is 19.9. The van der Waals surface area contributed by atoms with Crippen molar-refractivity contribution in [1.29, 1.82) is 0 Å². The summed E-state index contributed by atoms with van der Waals surface area (Å²) in [6, 6.07) is 13.0. The molecule has 0 saturated heterocycles. The van der Waals surface area contributed by atoms with Gasteiger partial charge in [-0.2, -0.15) is 0 Å². The lowest BCUT2D eigenvalue weighted by Gasteiger charge is -2.23. The molecule has 1 aliphatic rings. The minimum atomic E-state index is -1.17. The van der Waals surface area contributed by atoms with Crippen molar-refractivity contribution in [2.24, 2.45) is 0 Å². The third kappa shape index (κ3) is 4.70. The second kappa shape index (κ2) is 8.02. The van der Waals surface area contributed by atoms with Crippen LogP contribution in [0.2, 0.25) is 0 Å². The number of hydrogen-bond acceptors (Lipinski definition) is 4. The van der Waals surface area contributed by atoms with Crippen LogP contribution in [0.25, 0.3) is 11.1 Å². The van der Waals surface area contributed by atoms with Gasteiger partial charge in [-0.25, -0.2) is 9.59 Å². The lowest BCUT2D eigenvalue weighted by atomic mass is 10.0. The number of hydrogen-bond donors (Lipinski definition) is 2. The molecule has 2 N–H and O–H groups in total. The molecule has 0 radical (unpaired) electrons. The largest absolute Gasteiger partial charge is 0.480 e. The van der Waals surface area contributed by atoms with Crippen molar-refractivity contribution in [1.82, 2.24) is 5.32 Å². The standard InChI is InChI=1S/C22H25NO5/c1-22(2,3)28-13-19(20(24)25)23-21(26)27-12-15-8-6-10-17-16-9-5-4-7-14(16)11-18(15)17/h4-10,19H,11-13H2,1-3H3,(H,23,26)(H,24,25)/t19-/m0/s1. The molecule has 2 aromatic rings. The van der Waals surface area contributed by atoms with Crippen molar-refractivity contribution in [2.75, 3.05) is 6.61 Å². The first-order chi connectivity index (χ1) is 13.2. The van der Waals surface area contributed by atoms with Crippen LogP contribution < -0.4 is 5.32 Å². The van der Waals surface area contributed by atoms with E-state index in [2.05, 4.69) is 23.5 Å². The highest BCUT2D eigenvalue weighted by molar-refractivity contribution is 5.80. The van der Waals surface area contributed by atoms with Crippen molar-refractivity contribution < 1.29 is 24.2 Å². The van der Waals surface area contributed by atoms with Crippen molar-refractivity contribution in [3.63, 3.8) is 0 Å². The van der Waals surface area contributed by atoms with Crippen LogP contribution >= 0.6 is 0 Å². The number of carbonyl (C=O) groups is 2. The molecule has 28 heavy (non-hydrogen) atoms. The molecule has 0 unspecified atom stereocenters. The maximum absolute atomic E-state index is 12.1. The fourth-order valence-corrected chi connectivity index (χ4v) is 3.19. The number of rotatable bonds is 6. The van der Waals surface area contributed by atoms with Gasteiger partial charge in [0.25, 0.3) is 0 Å². The summed E-state index contributed by atoms with van der Waals surface area (Å²) in [5, 5.41) is 11.6. The molecule has 2 aromatic carbocycles. The van der Waals surface area contributed by atoms with E-state index >= 15 is 0 Å². The number of benzene rings is 2. The molecule has 3 rings (SSSR count). The summed E-state index contributed by atoms with van der Waals surface area (Å²) in [5.41, 5.74) is 5.16. The fraction of sp³-hybridized carbons (Fsp3) is 0.364. The van der Waals surface area contributed by atoms with Gasteiger partial charge in [0.2, 0.25) is 0 Å². The summed E-state index contributed by atoms with van der Waals surface area (Å²) in [4.78, 5) is 23.5. The molecule has 1 aliphatic carbocycles. The predicted molar refractivity (Wildman–Crippen MR) is 105 cm³/mol. The molecule has 6 heteroatoms. The molecule has 0 fully saturated rings. The molecule has 1 amide bonds. The number of carboxylic acids is 1. The predicted octanol–water partition coefficient (Wildman–Crippen LogP) is 3.75. The summed E-state index contributed by atoms with van der Waals surface area (Å²) in [6.07, 6.45) is 0.0159. The number of carboxylic acid groups (broad SMARTS) is 1. The number of amides is 1. The van der Waals surface area contributed by atoms with Gasteiger partial charge >= 0.3 is 12.1 Å². The van der Waals surface area contributed by atoms with Crippen LogP contribution in [-0.4, -0.2) is 35.4 Å². The SMILES string of the molecule is CC(C)(C)OC[C@H](NC(=O)OCc1cccc2c1Cc1ccccc1-2)C(=O)O. The van der Waals surface area contributed by atoms with E-state index in [1.54, 1.807) is 0 Å². The molecular weight excluding hydrogens is 358 g/mol. The number of fused-ring (bicyclic) bond motifs is 3. The van der Waals surface area contributed by atoms with E-state index in [9.17, 15) is 14.7 Å². The van der Waals surface area contributed by atoms with Crippen LogP contribution in [0.1, 0.15) is 37.5 Å². The molecular formula is C22H25NO5. The average molecular weight is 383 g/mol. The Hall–Kier alpha value is -2.86. The molecule has 148 valence electrons. The zero-order valence-corrected chi connectivity index (χ0v) is 16.3. The van der Waals surface area contributed by atoms with E-state index in [4.69, 9.17) is 9.47 Å². The quantitative estimate of drug-likeness (QED) is 0.677. The van der Waals surface area contributed by atoms with Crippen LogP contribution in [0.5, 0.6) is 0 Å². The normalized spacial score (nSPS) is 13.4. The van der Waals surface area contributed by atoms with Gasteiger partial charge in [0.15, 0.2) is 6.04 Å². The van der Waals surface area contributed by atoms with Crippen LogP contribution in [0.4, 0.5) is 4.79 Å². The van der Waals surface area contributed by atoms with Crippen molar-refractivity contribution >= 4 is 12.1 Å². The van der Waals surface area contributed by atoms with Gasteiger partial charge in [-0.1, -0.05) is 42.5 Å². The van der Waals surface area contributed by atoms with Crippen molar-refractivity contribution in [3.8, 4) is 11.1 Å². The van der Waals surface area contributed by atoms with Crippen LogP contribution in [-0.2, 0) is 27.3 Å². The van der Waals surface area contributed by atoms with E-state index in [1.165, 1.54) is 11.1 Å². The molecule has 1 atom stereocenters. The molecule has 6 nitrogen and oxygen atoms in total. The highest BCUT2D eigenvalue weighted by Crippen LogP contribution is 2.38. The Morgan fingerprint density at radius 1 is 1.11 bits per heavy atom. The first-order valence-corrected chi connectivity index (χ1v) is 9.24. The Labute approximate surface area is 164 Å². The number of nitrogens with one attached hydrogen (secondary N) is 1. The maximum Gasteiger partial charge on any atom is 0.408 e. The van der Waals surface area contributed by atoms with Gasteiger partial charge in [-0.15, -0.1) is 0 Å². The Bertz CT molecular complexity index is 885. The Kier molecular flexibility index (Phi) is 5.70. The smallest absolute Gasteiger partial charge is 0.408 e. The fourth-order valence-electron chi connectivity index (χ4n) is 3.19. The van der Waals surface area contributed by atoms with Gasteiger partial charge < -0.3 is 19.9 Å². The molecule has 0 spiro atoms. The third-order valence-electron chi connectivity index (χ3n) is 4.58. The van der Waals surface area contributed by atoms with E-state index < -0.39 is 23.7 Å². The topological polar surface area (TPSA) is 84.9 Å². The van der Waals surface area contributed by atoms with Crippen LogP contribution in [0.3, 0.4) is 0 Å². The Morgan fingerprint density at radius 2 is 1.82 bits per heavy atom. The van der Waals surface area contributed by atoms with E-state index in [1.807, 2.05) is 45.0 Å². The maximum atomic E-state index is 12.1. The molecule has 0 heterocycles. The van der Waals surface area contributed by atoms with Crippen molar-refractivity contribution in [3.05, 3.63) is 59.2 Å². The minimum absolute atomic E-state index is 0.0788. The highest BCUT2D eigenvalue weighted by atomic mass is 16.6. The molecule has 0 saturated carbocycles. The lowest BCUT2D eigenvalue weighted by Crippen LogP contribution is -2.45. The average Bonchev–Trinajstić information content (AvgIpc) is 3.01. The zero-order valence-electron chi connectivity index (χ0n) is 16.3. The van der Waals surface area contributed by atoms with Crippen LogP contribution in [0.15, 0.2) is 42.5 Å². The molecule has 0 aliphatic heterocycles. The number of ether oxygens (including phenoxy) is 2. The second-order valence-electron chi connectivity index (χ2n) is 7.81. The monoisotopic (exact) mass is 383 g/mol. The summed E-state index contributed by atoms with van der Waals surface area (Å²) in [6.45, 7) is 5.40. The molecule has 0 aromatic heterocycles. The van der Waals surface area contributed by atoms with Gasteiger partial charge in [0.05, 0.1) is 12.2 Å². The summed E-state index contributed by atoms with van der Waals surface area (Å²) in [7, 11) is 0. The summed E-state index contributed by atoms with van der Waals surface area (Å²) >= 11 is 0. The van der Waals surface area contributed by atoms with Gasteiger partial charge in [0, 0.05) is 0 Å². The highest BCUT2D eigenvalue weighted by Gasteiger charge is 2.25. The van der Waals surface area contributed by atoms with Gasteiger partial charge in [-0.3, -0.25) is 0 Å². The van der Waals surface area contributed by atoms with Gasteiger partial charge in [0.1, 0.15) is 6.61 Å². The number of alkyl carbamates (subject to hydrolysis) is 1. The van der Waals surface area contributed by atoms with Gasteiger partial charge in [-0.05, 0) is 55.0 Å². The summed E-state index contributed by atoms with van der Waals surface area (Å²) in [5.74, 6) is -1.17. The van der Waals surface area contributed by atoms with E-state index in [-0.39, 0.29) is 13.2 Å².